The molecule has 1 atom stereocenters. The van der Waals surface area contributed by atoms with Crippen LogP contribution in [0.3, 0.4) is 0 Å². The minimum atomic E-state index is 0.381. The second-order valence-electron chi connectivity index (χ2n) is 5.45. The molecule has 0 saturated heterocycles. The second-order valence-corrected chi connectivity index (χ2v) is 5.45. The van der Waals surface area contributed by atoms with E-state index in [-0.39, 0.29) is 0 Å². The first-order valence-corrected chi connectivity index (χ1v) is 6.44. The Kier molecular flexibility index (Phi) is 5.62. The average Bonchev–Trinajstić information content (AvgIpc) is 2.93. The molecule has 15 heavy (non-hydrogen) atoms. The van der Waals surface area contributed by atoms with Gasteiger partial charge in [-0.05, 0) is 18.3 Å². The largest absolute Gasteiger partial charge is 0.377 e. The number of nitrogens with one attached hydrogen (secondary N) is 1. The van der Waals surface area contributed by atoms with Gasteiger partial charge in [0.2, 0.25) is 0 Å². The molecule has 0 amide bonds. The molecule has 90 valence electrons. The van der Waals surface area contributed by atoms with Gasteiger partial charge in [-0.15, -0.1) is 0 Å². The van der Waals surface area contributed by atoms with E-state index in [0.29, 0.717) is 18.1 Å². The van der Waals surface area contributed by atoms with Gasteiger partial charge in [-0.1, -0.05) is 40.5 Å². The van der Waals surface area contributed by atoms with Crippen molar-refractivity contribution in [3.8, 4) is 0 Å². The molecule has 1 N–H and O–H groups in total. The molecule has 1 aliphatic carbocycles. The van der Waals surface area contributed by atoms with E-state index in [2.05, 4.69) is 33.0 Å². The van der Waals surface area contributed by atoms with Crippen LogP contribution in [0.2, 0.25) is 0 Å². The van der Waals surface area contributed by atoms with E-state index in [1.807, 2.05) is 0 Å². The van der Waals surface area contributed by atoms with E-state index < -0.39 is 0 Å². The normalized spacial score (nSPS) is 18.8. The third-order valence-corrected chi connectivity index (χ3v) is 3.03. The molecule has 2 nitrogen and oxygen atoms in total. The van der Waals surface area contributed by atoms with Gasteiger partial charge in [0.25, 0.3) is 0 Å². The molecule has 1 rings (SSSR count). The van der Waals surface area contributed by atoms with Crippen molar-refractivity contribution in [1.82, 2.24) is 5.32 Å². The molecular formula is C13H27NO. The zero-order valence-electron chi connectivity index (χ0n) is 10.8. The van der Waals surface area contributed by atoms with Crippen LogP contribution in [-0.4, -0.2) is 25.3 Å². The SMILES string of the molecule is CC(C)NCC(OCCC1CC1)C(C)C. The fourth-order valence-corrected chi connectivity index (χ4v) is 1.63. The Balaban J connectivity index is 2.10. The maximum absolute atomic E-state index is 5.94. The molecular weight excluding hydrogens is 186 g/mol. The summed E-state index contributed by atoms with van der Waals surface area (Å²) in [7, 11) is 0. The maximum atomic E-state index is 5.94. The maximum Gasteiger partial charge on any atom is 0.0722 e. The summed E-state index contributed by atoms with van der Waals surface area (Å²) < 4.78 is 5.94. The minimum absolute atomic E-state index is 0.381. The van der Waals surface area contributed by atoms with Gasteiger partial charge in [-0.25, -0.2) is 0 Å². The summed E-state index contributed by atoms with van der Waals surface area (Å²) in [4.78, 5) is 0. The van der Waals surface area contributed by atoms with Gasteiger partial charge in [0.1, 0.15) is 0 Å². The van der Waals surface area contributed by atoms with Crippen LogP contribution in [0.4, 0.5) is 0 Å². The first kappa shape index (κ1) is 13.0. The van der Waals surface area contributed by atoms with E-state index in [9.17, 15) is 0 Å². The Labute approximate surface area is 94.8 Å². The lowest BCUT2D eigenvalue weighted by atomic mass is 10.1. The van der Waals surface area contributed by atoms with Gasteiger partial charge >= 0.3 is 0 Å². The van der Waals surface area contributed by atoms with Crippen molar-refractivity contribution in [1.29, 1.82) is 0 Å². The van der Waals surface area contributed by atoms with Gasteiger partial charge in [-0.3, -0.25) is 0 Å². The third-order valence-electron chi connectivity index (χ3n) is 3.03. The van der Waals surface area contributed by atoms with Gasteiger partial charge < -0.3 is 10.1 Å². The van der Waals surface area contributed by atoms with Gasteiger partial charge in [0.15, 0.2) is 0 Å². The smallest absolute Gasteiger partial charge is 0.0722 e. The van der Waals surface area contributed by atoms with Gasteiger partial charge in [0.05, 0.1) is 6.10 Å². The molecule has 2 heteroatoms. The predicted molar refractivity (Wildman–Crippen MR) is 65.1 cm³/mol. The third kappa shape index (κ3) is 6.16. The van der Waals surface area contributed by atoms with Crippen molar-refractivity contribution in [2.75, 3.05) is 13.2 Å². The lowest BCUT2D eigenvalue weighted by molar-refractivity contribution is 0.0186. The summed E-state index contributed by atoms with van der Waals surface area (Å²) in [5.74, 6) is 1.59. The molecule has 1 saturated carbocycles. The topological polar surface area (TPSA) is 21.3 Å². The fourth-order valence-electron chi connectivity index (χ4n) is 1.63. The van der Waals surface area contributed by atoms with Crippen molar-refractivity contribution in [2.45, 2.75) is 59.1 Å². The summed E-state index contributed by atoms with van der Waals surface area (Å²) in [5.41, 5.74) is 0. The van der Waals surface area contributed by atoms with Crippen LogP contribution in [0, 0.1) is 11.8 Å². The Morgan fingerprint density at radius 1 is 1.20 bits per heavy atom. The second kappa shape index (κ2) is 6.49. The summed E-state index contributed by atoms with van der Waals surface area (Å²) >= 11 is 0. The highest BCUT2D eigenvalue weighted by atomic mass is 16.5. The molecule has 0 aliphatic heterocycles. The summed E-state index contributed by atoms with van der Waals surface area (Å²) in [6.45, 7) is 10.8. The van der Waals surface area contributed by atoms with Gasteiger partial charge in [0, 0.05) is 19.2 Å². The lowest BCUT2D eigenvalue weighted by Crippen LogP contribution is -2.36. The van der Waals surface area contributed by atoms with Crippen molar-refractivity contribution in [3.05, 3.63) is 0 Å². The monoisotopic (exact) mass is 213 g/mol. The highest BCUT2D eigenvalue weighted by molar-refractivity contribution is 4.73. The van der Waals surface area contributed by atoms with E-state index in [1.165, 1.54) is 19.3 Å². The highest BCUT2D eigenvalue weighted by Gasteiger charge is 2.22. The molecule has 0 aromatic rings. The average molecular weight is 213 g/mol. The zero-order chi connectivity index (χ0) is 11.3. The number of rotatable bonds is 8. The molecule has 1 fully saturated rings. The van der Waals surface area contributed by atoms with E-state index >= 15 is 0 Å². The van der Waals surface area contributed by atoms with E-state index in [1.54, 1.807) is 0 Å². The van der Waals surface area contributed by atoms with Crippen LogP contribution in [0.1, 0.15) is 47.0 Å². The molecule has 0 bridgehead atoms. The minimum Gasteiger partial charge on any atom is -0.377 e. The molecule has 1 aliphatic rings. The summed E-state index contributed by atoms with van der Waals surface area (Å²) in [5, 5.41) is 3.46. The molecule has 1 unspecified atom stereocenters. The molecule has 0 aromatic carbocycles. The van der Waals surface area contributed by atoms with Crippen molar-refractivity contribution >= 4 is 0 Å². The molecule has 0 spiro atoms. The van der Waals surface area contributed by atoms with E-state index in [0.717, 1.165) is 19.1 Å². The summed E-state index contributed by atoms with van der Waals surface area (Å²) in [6, 6.07) is 0.554. The number of hydrogen-bond acceptors (Lipinski definition) is 2. The van der Waals surface area contributed by atoms with Crippen LogP contribution in [0.25, 0.3) is 0 Å². The quantitative estimate of drug-likeness (QED) is 0.669. The van der Waals surface area contributed by atoms with Crippen molar-refractivity contribution in [2.24, 2.45) is 11.8 Å². The first-order valence-electron chi connectivity index (χ1n) is 6.44. The molecule has 0 radical (unpaired) electrons. The van der Waals surface area contributed by atoms with Crippen LogP contribution in [0.15, 0.2) is 0 Å². The van der Waals surface area contributed by atoms with Crippen LogP contribution in [0.5, 0.6) is 0 Å². The predicted octanol–water partition coefficient (Wildman–Crippen LogP) is 2.83. The van der Waals surface area contributed by atoms with Crippen LogP contribution in [-0.2, 0) is 4.74 Å². The Morgan fingerprint density at radius 3 is 2.33 bits per heavy atom. The molecule has 0 aromatic heterocycles. The fraction of sp³-hybridized carbons (Fsp3) is 1.00. The Hall–Kier alpha value is -0.0800. The number of ether oxygens (including phenoxy) is 1. The first-order chi connectivity index (χ1) is 7.09. The van der Waals surface area contributed by atoms with Crippen LogP contribution < -0.4 is 5.32 Å². The van der Waals surface area contributed by atoms with Crippen molar-refractivity contribution < 1.29 is 4.74 Å². The Morgan fingerprint density at radius 2 is 1.87 bits per heavy atom. The standard InChI is InChI=1S/C13H27NO/c1-10(2)13(9-14-11(3)4)15-8-7-12-5-6-12/h10-14H,5-9H2,1-4H3. The zero-order valence-corrected chi connectivity index (χ0v) is 10.8. The summed E-state index contributed by atoms with van der Waals surface area (Å²) in [6.07, 6.45) is 4.51. The van der Waals surface area contributed by atoms with E-state index in [4.69, 9.17) is 4.74 Å². The molecule has 0 heterocycles. The van der Waals surface area contributed by atoms with Gasteiger partial charge in [-0.2, -0.15) is 0 Å². The lowest BCUT2D eigenvalue weighted by Gasteiger charge is -2.23. The number of hydrogen-bond donors (Lipinski definition) is 1. The highest BCUT2D eigenvalue weighted by Crippen LogP contribution is 2.32. The Bertz CT molecular complexity index is 164. The van der Waals surface area contributed by atoms with Crippen LogP contribution >= 0.6 is 0 Å². The van der Waals surface area contributed by atoms with Crippen molar-refractivity contribution in [3.63, 3.8) is 0 Å².